The van der Waals surface area contributed by atoms with Crippen molar-refractivity contribution in [2.45, 2.75) is 26.9 Å². The largest absolute Gasteiger partial charge is 0.348 e. The second-order valence-corrected chi connectivity index (χ2v) is 6.13. The summed E-state index contributed by atoms with van der Waals surface area (Å²) in [6.07, 6.45) is 2.97. The second kappa shape index (κ2) is 10.2. The standard InChI is InChI=1S/C21H25N3O3/c1-3-23(4-2)16-19-10-6-5-9-18(19)15-22-21(25)13-12-17-8-7-11-20(14-17)24(26)27/h5-14H,3-4,15-16H2,1-2H3,(H,22,25)/b13-12+. The maximum absolute atomic E-state index is 12.1. The van der Waals surface area contributed by atoms with E-state index in [1.165, 1.54) is 23.8 Å². The van der Waals surface area contributed by atoms with Crippen LogP contribution in [0.3, 0.4) is 0 Å². The molecule has 1 N–H and O–H groups in total. The van der Waals surface area contributed by atoms with Gasteiger partial charge in [-0.25, -0.2) is 0 Å². The third-order valence-electron chi connectivity index (χ3n) is 4.37. The van der Waals surface area contributed by atoms with Crippen LogP contribution in [0, 0.1) is 10.1 Å². The monoisotopic (exact) mass is 367 g/mol. The van der Waals surface area contributed by atoms with E-state index in [-0.39, 0.29) is 11.6 Å². The fraction of sp³-hybridized carbons (Fsp3) is 0.286. The molecule has 2 aromatic rings. The highest BCUT2D eigenvalue weighted by atomic mass is 16.6. The predicted octanol–water partition coefficient (Wildman–Crippen LogP) is 3.77. The van der Waals surface area contributed by atoms with Gasteiger partial charge in [-0.2, -0.15) is 0 Å². The molecule has 0 spiro atoms. The molecule has 0 atom stereocenters. The van der Waals surface area contributed by atoms with Crippen LogP contribution in [0.2, 0.25) is 0 Å². The molecule has 0 radical (unpaired) electrons. The summed E-state index contributed by atoms with van der Waals surface area (Å²) in [7, 11) is 0. The van der Waals surface area contributed by atoms with Crippen molar-refractivity contribution in [3.63, 3.8) is 0 Å². The summed E-state index contributed by atoms with van der Waals surface area (Å²) in [4.78, 5) is 24.8. The van der Waals surface area contributed by atoms with Gasteiger partial charge in [0.25, 0.3) is 5.69 Å². The molecule has 0 saturated heterocycles. The number of amides is 1. The highest BCUT2D eigenvalue weighted by molar-refractivity contribution is 5.91. The van der Waals surface area contributed by atoms with Crippen molar-refractivity contribution in [3.8, 4) is 0 Å². The van der Waals surface area contributed by atoms with Crippen LogP contribution in [0.5, 0.6) is 0 Å². The Kier molecular flexibility index (Phi) is 7.70. The molecule has 27 heavy (non-hydrogen) atoms. The van der Waals surface area contributed by atoms with Gasteiger partial charge in [0, 0.05) is 31.3 Å². The lowest BCUT2D eigenvalue weighted by Crippen LogP contribution is -2.25. The number of nitro groups is 1. The van der Waals surface area contributed by atoms with E-state index in [1.54, 1.807) is 18.2 Å². The maximum Gasteiger partial charge on any atom is 0.270 e. The Hall–Kier alpha value is -2.99. The van der Waals surface area contributed by atoms with Gasteiger partial charge in [-0.1, -0.05) is 50.2 Å². The summed E-state index contributed by atoms with van der Waals surface area (Å²) in [5.41, 5.74) is 2.90. The Labute approximate surface area is 159 Å². The molecule has 0 fully saturated rings. The van der Waals surface area contributed by atoms with Crippen LogP contribution in [0.25, 0.3) is 6.08 Å². The quantitative estimate of drug-likeness (QED) is 0.416. The van der Waals surface area contributed by atoms with Gasteiger partial charge < -0.3 is 5.32 Å². The van der Waals surface area contributed by atoms with Crippen molar-refractivity contribution < 1.29 is 9.72 Å². The molecule has 6 heteroatoms. The average Bonchev–Trinajstić information content (AvgIpc) is 2.69. The van der Waals surface area contributed by atoms with Gasteiger partial charge in [-0.05, 0) is 35.9 Å². The number of nitrogens with zero attached hydrogens (tertiary/aromatic N) is 2. The zero-order valence-corrected chi connectivity index (χ0v) is 15.7. The van der Waals surface area contributed by atoms with E-state index in [4.69, 9.17) is 0 Å². The molecule has 0 bridgehead atoms. The van der Waals surface area contributed by atoms with Crippen LogP contribution in [0.15, 0.2) is 54.6 Å². The summed E-state index contributed by atoms with van der Waals surface area (Å²) in [5, 5.41) is 13.7. The Morgan fingerprint density at radius 2 is 1.81 bits per heavy atom. The SMILES string of the molecule is CCN(CC)Cc1ccccc1CNC(=O)/C=C/c1cccc([N+](=O)[O-])c1. The minimum Gasteiger partial charge on any atom is -0.348 e. The van der Waals surface area contributed by atoms with Crippen molar-refractivity contribution in [3.05, 3.63) is 81.4 Å². The van der Waals surface area contributed by atoms with E-state index in [0.29, 0.717) is 12.1 Å². The average molecular weight is 367 g/mol. The Bertz CT molecular complexity index is 814. The molecule has 0 saturated carbocycles. The first kappa shape index (κ1) is 20.3. The van der Waals surface area contributed by atoms with Gasteiger partial charge in [-0.3, -0.25) is 19.8 Å². The van der Waals surface area contributed by atoms with Crippen LogP contribution in [0.1, 0.15) is 30.5 Å². The van der Waals surface area contributed by atoms with E-state index in [1.807, 2.05) is 18.2 Å². The highest BCUT2D eigenvalue weighted by Gasteiger charge is 2.07. The molecule has 0 aliphatic rings. The summed E-state index contributed by atoms with van der Waals surface area (Å²) in [6, 6.07) is 14.2. The number of benzene rings is 2. The molecule has 0 aliphatic heterocycles. The minimum absolute atomic E-state index is 0.00267. The third-order valence-corrected chi connectivity index (χ3v) is 4.37. The number of nitrogens with one attached hydrogen (secondary N) is 1. The molecule has 0 unspecified atom stereocenters. The van der Waals surface area contributed by atoms with Crippen molar-refractivity contribution in [2.24, 2.45) is 0 Å². The Morgan fingerprint density at radius 3 is 2.48 bits per heavy atom. The zero-order valence-electron chi connectivity index (χ0n) is 15.7. The van der Waals surface area contributed by atoms with Crippen molar-refractivity contribution in [1.29, 1.82) is 0 Å². The van der Waals surface area contributed by atoms with Crippen molar-refractivity contribution in [2.75, 3.05) is 13.1 Å². The van der Waals surface area contributed by atoms with Crippen molar-refractivity contribution in [1.82, 2.24) is 10.2 Å². The zero-order chi connectivity index (χ0) is 19.6. The van der Waals surface area contributed by atoms with E-state index < -0.39 is 4.92 Å². The Balaban J connectivity index is 1.98. The highest BCUT2D eigenvalue weighted by Crippen LogP contribution is 2.14. The molecule has 142 valence electrons. The third kappa shape index (κ3) is 6.34. The van der Waals surface area contributed by atoms with E-state index in [2.05, 4.69) is 30.1 Å². The fourth-order valence-corrected chi connectivity index (χ4v) is 2.73. The molecule has 2 rings (SSSR count). The lowest BCUT2D eigenvalue weighted by molar-refractivity contribution is -0.384. The minimum atomic E-state index is -0.454. The smallest absolute Gasteiger partial charge is 0.270 e. The number of non-ortho nitro benzene ring substituents is 1. The molecular weight excluding hydrogens is 342 g/mol. The molecular formula is C21H25N3O3. The normalized spacial score (nSPS) is 11.1. The van der Waals surface area contributed by atoms with E-state index in [9.17, 15) is 14.9 Å². The van der Waals surface area contributed by atoms with Crippen LogP contribution in [-0.4, -0.2) is 28.8 Å². The molecule has 0 aromatic heterocycles. The number of hydrogen-bond donors (Lipinski definition) is 1. The second-order valence-electron chi connectivity index (χ2n) is 6.13. The summed E-state index contributed by atoms with van der Waals surface area (Å²) < 4.78 is 0. The van der Waals surface area contributed by atoms with Gasteiger partial charge in [0.2, 0.25) is 5.91 Å². The first-order valence-electron chi connectivity index (χ1n) is 9.03. The molecule has 2 aromatic carbocycles. The predicted molar refractivity (Wildman–Crippen MR) is 107 cm³/mol. The number of nitro benzene ring substituents is 1. The van der Waals surface area contributed by atoms with Gasteiger partial charge in [-0.15, -0.1) is 0 Å². The lowest BCUT2D eigenvalue weighted by Gasteiger charge is -2.20. The van der Waals surface area contributed by atoms with Gasteiger partial charge in [0.1, 0.15) is 0 Å². The van der Waals surface area contributed by atoms with Crippen LogP contribution in [0.4, 0.5) is 5.69 Å². The van der Waals surface area contributed by atoms with E-state index in [0.717, 1.165) is 25.2 Å². The first-order chi connectivity index (χ1) is 13.0. The fourth-order valence-electron chi connectivity index (χ4n) is 2.73. The van der Waals surface area contributed by atoms with Crippen LogP contribution in [-0.2, 0) is 17.9 Å². The molecule has 0 aliphatic carbocycles. The number of carbonyl (C=O) groups is 1. The van der Waals surface area contributed by atoms with E-state index >= 15 is 0 Å². The lowest BCUT2D eigenvalue weighted by atomic mass is 10.1. The van der Waals surface area contributed by atoms with Crippen LogP contribution < -0.4 is 5.32 Å². The van der Waals surface area contributed by atoms with Gasteiger partial charge in [0.05, 0.1) is 4.92 Å². The van der Waals surface area contributed by atoms with Gasteiger partial charge in [0.15, 0.2) is 0 Å². The van der Waals surface area contributed by atoms with Crippen molar-refractivity contribution >= 4 is 17.7 Å². The topological polar surface area (TPSA) is 75.5 Å². The molecule has 6 nitrogen and oxygen atoms in total. The number of hydrogen-bond acceptors (Lipinski definition) is 4. The summed E-state index contributed by atoms with van der Waals surface area (Å²) in [6.45, 7) is 7.50. The molecule has 1 amide bonds. The number of carbonyl (C=O) groups excluding carboxylic acids is 1. The Morgan fingerprint density at radius 1 is 1.11 bits per heavy atom. The molecule has 0 heterocycles. The summed E-state index contributed by atoms with van der Waals surface area (Å²) >= 11 is 0. The number of rotatable bonds is 9. The van der Waals surface area contributed by atoms with Crippen LogP contribution >= 0.6 is 0 Å². The van der Waals surface area contributed by atoms with Gasteiger partial charge >= 0.3 is 0 Å². The first-order valence-corrected chi connectivity index (χ1v) is 9.03. The summed E-state index contributed by atoms with van der Waals surface area (Å²) in [5.74, 6) is -0.237. The maximum atomic E-state index is 12.1.